The average Bonchev–Trinajstić information content (AvgIpc) is 2.61. The molecule has 11 heteroatoms. The van der Waals surface area contributed by atoms with Crippen molar-refractivity contribution in [2.24, 2.45) is 0 Å². The SMILES string of the molecule is CCN(c1ccc(OCC(=O)Nc2ccc(Cl)cc2C(F)(F)F)cc1)S(C)(=O)=O. The minimum Gasteiger partial charge on any atom is -0.484 e. The second-order valence-electron chi connectivity index (χ2n) is 5.95. The van der Waals surface area contributed by atoms with Crippen molar-refractivity contribution in [3.8, 4) is 5.75 Å². The molecule has 2 aromatic rings. The minimum atomic E-state index is -4.69. The van der Waals surface area contributed by atoms with Gasteiger partial charge in [0.1, 0.15) is 5.75 Å². The normalized spacial score (nSPS) is 11.8. The number of hydrogen-bond donors (Lipinski definition) is 1. The number of sulfonamides is 1. The van der Waals surface area contributed by atoms with Gasteiger partial charge in [-0.25, -0.2) is 8.42 Å². The van der Waals surface area contributed by atoms with E-state index in [2.05, 4.69) is 5.32 Å². The van der Waals surface area contributed by atoms with Crippen molar-refractivity contribution >= 4 is 38.9 Å². The highest BCUT2D eigenvalue weighted by atomic mass is 35.5. The predicted molar refractivity (Wildman–Crippen MR) is 105 cm³/mol. The molecular weight excluding hydrogens is 433 g/mol. The quantitative estimate of drug-likeness (QED) is 0.687. The van der Waals surface area contributed by atoms with Gasteiger partial charge in [-0.1, -0.05) is 11.6 Å². The van der Waals surface area contributed by atoms with Crippen LogP contribution >= 0.6 is 11.6 Å². The fraction of sp³-hybridized carbons (Fsp3) is 0.278. The Kier molecular flexibility index (Phi) is 7.02. The van der Waals surface area contributed by atoms with Crippen LogP contribution < -0.4 is 14.4 Å². The van der Waals surface area contributed by atoms with E-state index < -0.39 is 40.0 Å². The third-order valence-electron chi connectivity index (χ3n) is 3.74. The summed E-state index contributed by atoms with van der Waals surface area (Å²) in [5, 5.41) is 2.03. The maximum Gasteiger partial charge on any atom is 0.418 e. The van der Waals surface area contributed by atoms with Gasteiger partial charge in [0.05, 0.1) is 23.2 Å². The van der Waals surface area contributed by atoms with Crippen LogP contribution in [0.2, 0.25) is 5.02 Å². The molecule has 0 aliphatic carbocycles. The first-order valence-electron chi connectivity index (χ1n) is 8.29. The van der Waals surface area contributed by atoms with Gasteiger partial charge < -0.3 is 10.1 Å². The van der Waals surface area contributed by atoms with Gasteiger partial charge in [-0.15, -0.1) is 0 Å². The van der Waals surface area contributed by atoms with Crippen LogP contribution in [0.5, 0.6) is 5.75 Å². The number of nitrogens with zero attached hydrogens (tertiary/aromatic N) is 1. The highest BCUT2D eigenvalue weighted by Gasteiger charge is 2.34. The lowest BCUT2D eigenvalue weighted by atomic mass is 10.1. The molecule has 0 bridgehead atoms. The lowest BCUT2D eigenvalue weighted by Crippen LogP contribution is -2.29. The molecule has 0 fully saturated rings. The largest absolute Gasteiger partial charge is 0.484 e. The monoisotopic (exact) mass is 450 g/mol. The number of carbonyl (C=O) groups excluding carboxylic acids is 1. The summed E-state index contributed by atoms with van der Waals surface area (Å²) < 4.78 is 69.0. The Bertz CT molecular complexity index is 980. The summed E-state index contributed by atoms with van der Waals surface area (Å²) >= 11 is 5.60. The Morgan fingerprint density at radius 1 is 1.17 bits per heavy atom. The van der Waals surface area contributed by atoms with Crippen LogP contribution in [-0.4, -0.2) is 33.7 Å². The van der Waals surface area contributed by atoms with E-state index >= 15 is 0 Å². The lowest BCUT2D eigenvalue weighted by Gasteiger charge is -2.20. The van der Waals surface area contributed by atoms with Crippen molar-refractivity contribution in [1.82, 2.24) is 0 Å². The topological polar surface area (TPSA) is 75.7 Å². The Labute approximate surface area is 171 Å². The molecule has 0 aromatic heterocycles. The summed E-state index contributed by atoms with van der Waals surface area (Å²) in [5.74, 6) is -0.547. The molecule has 29 heavy (non-hydrogen) atoms. The van der Waals surface area contributed by atoms with Gasteiger partial charge in [0.25, 0.3) is 5.91 Å². The minimum absolute atomic E-state index is 0.109. The highest BCUT2D eigenvalue weighted by Crippen LogP contribution is 2.36. The van der Waals surface area contributed by atoms with E-state index in [9.17, 15) is 26.4 Å². The molecule has 0 aliphatic heterocycles. The third kappa shape index (κ3) is 6.26. The van der Waals surface area contributed by atoms with Crippen LogP contribution in [0.25, 0.3) is 0 Å². The summed E-state index contributed by atoms with van der Waals surface area (Å²) in [6, 6.07) is 8.92. The molecule has 0 saturated heterocycles. The molecule has 1 N–H and O–H groups in total. The zero-order valence-corrected chi connectivity index (χ0v) is 17.0. The van der Waals surface area contributed by atoms with Crippen LogP contribution in [0.1, 0.15) is 12.5 Å². The molecule has 2 aromatic carbocycles. The molecule has 0 heterocycles. The number of rotatable bonds is 7. The third-order valence-corrected chi connectivity index (χ3v) is 5.25. The second kappa shape index (κ2) is 8.91. The Balaban J connectivity index is 2.04. The van der Waals surface area contributed by atoms with E-state index in [1.165, 1.54) is 34.6 Å². The van der Waals surface area contributed by atoms with E-state index in [1.807, 2.05) is 0 Å². The molecule has 0 spiro atoms. The lowest BCUT2D eigenvalue weighted by molar-refractivity contribution is -0.137. The molecule has 0 saturated carbocycles. The average molecular weight is 451 g/mol. The van der Waals surface area contributed by atoms with Crippen molar-refractivity contribution in [1.29, 1.82) is 0 Å². The molecule has 1 amide bonds. The summed E-state index contributed by atoms with van der Waals surface area (Å²) in [4.78, 5) is 12.0. The fourth-order valence-electron chi connectivity index (χ4n) is 2.51. The van der Waals surface area contributed by atoms with Gasteiger partial charge in [0.2, 0.25) is 10.0 Å². The number of benzene rings is 2. The number of nitrogens with one attached hydrogen (secondary N) is 1. The van der Waals surface area contributed by atoms with Gasteiger partial charge in [-0.2, -0.15) is 13.2 Å². The number of hydrogen-bond acceptors (Lipinski definition) is 4. The van der Waals surface area contributed by atoms with E-state index in [-0.39, 0.29) is 17.3 Å². The number of alkyl halides is 3. The first-order valence-corrected chi connectivity index (χ1v) is 10.5. The molecule has 6 nitrogen and oxygen atoms in total. The molecule has 0 aliphatic rings. The molecule has 158 valence electrons. The van der Waals surface area contributed by atoms with E-state index in [0.29, 0.717) is 5.69 Å². The fourth-order valence-corrected chi connectivity index (χ4v) is 3.66. The van der Waals surface area contributed by atoms with Gasteiger partial charge in [0.15, 0.2) is 6.61 Å². The smallest absolute Gasteiger partial charge is 0.418 e. The van der Waals surface area contributed by atoms with Crippen LogP contribution in [0.3, 0.4) is 0 Å². The van der Waals surface area contributed by atoms with Crippen molar-refractivity contribution in [2.75, 3.05) is 29.0 Å². The second-order valence-corrected chi connectivity index (χ2v) is 8.29. The van der Waals surface area contributed by atoms with Gasteiger partial charge in [-0.3, -0.25) is 9.10 Å². The first kappa shape index (κ1) is 22.8. The summed E-state index contributed by atoms with van der Waals surface area (Å²) in [7, 11) is -3.43. The van der Waals surface area contributed by atoms with Crippen molar-refractivity contribution in [3.63, 3.8) is 0 Å². The number of amides is 1. The predicted octanol–water partition coefficient (Wildman–Crippen LogP) is 4.16. The Morgan fingerprint density at radius 2 is 1.79 bits per heavy atom. The zero-order chi connectivity index (χ0) is 21.8. The summed E-state index contributed by atoms with van der Waals surface area (Å²) in [5.41, 5.74) is -1.08. The van der Waals surface area contributed by atoms with Crippen molar-refractivity contribution in [3.05, 3.63) is 53.1 Å². The van der Waals surface area contributed by atoms with E-state index in [4.69, 9.17) is 16.3 Å². The number of carbonyl (C=O) groups is 1. The number of halogens is 4. The zero-order valence-electron chi connectivity index (χ0n) is 15.5. The first-order chi connectivity index (χ1) is 13.4. The van der Waals surface area contributed by atoms with Crippen molar-refractivity contribution < 1.29 is 31.1 Å². The molecule has 2 rings (SSSR count). The number of anilines is 2. The van der Waals surface area contributed by atoms with Crippen LogP contribution in [0, 0.1) is 0 Å². The van der Waals surface area contributed by atoms with E-state index in [1.54, 1.807) is 6.92 Å². The van der Waals surface area contributed by atoms with Crippen LogP contribution in [0.15, 0.2) is 42.5 Å². The van der Waals surface area contributed by atoms with Gasteiger partial charge in [-0.05, 0) is 49.4 Å². The molecular formula is C18H18ClF3N2O4S. The molecule has 0 radical (unpaired) electrons. The van der Waals surface area contributed by atoms with Gasteiger partial charge >= 0.3 is 6.18 Å². The van der Waals surface area contributed by atoms with Crippen molar-refractivity contribution in [2.45, 2.75) is 13.1 Å². The Morgan fingerprint density at radius 3 is 2.31 bits per heavy atom. The van der Waals surface area contributed by atoms with E-state index in [0.717, 1.165) is 18.4 Å². The number of ether oxygens (including phenoxy) is 1. The maximum absolute atomic E-state index is 13.1. The standard InChI is InChI=1S/C18H18ClF3N2O4S/c1-3-24(29(2,26)27)13-5-7-14(8-6-13)28-11-17(25)23-16-9-4-12(19)10-15(16)18(20,21)22/h4-10H,3,11H2,1-2H3,(H,23,25). The van der Waals surface area contributed by atoms with Gasteiger partial charge in [0, 0.05) is 11.6 Å². The summed E-state index contributed by atoms with van der Waals surface area (Å²) in [6.45, 7) is 1.38. The summed E-state index contributed by atoms with van der Waals surface area (Å²) in [6.07, 6.45) is -3.60. The maximum atomic E-state index is 13.1. The van der Waals surface area contributed by atoms with Crippen LogP contribution in [0.4, 0.5) is 24.5 Å². The Hall–Kier alpha value is -2.46. The van der Waals surface area contributed by atoms with Crippen LogP contribution in [-0.2, 0) is 21.0 Å². The molecule has 0 atom stereocenters. The highest BCUT2D eigenvalue weighted by molar-refractivity contribution is 7.92. The molecule has 0 unspecified atom stereocenters.